The van der Waals surface area contributed by atoms with Gasteiger partial charge in [-0.3, -0.25) is 9.78 Å². The van der Waals surface area contributed by atoms with Gasteiger partial charge in [0.1, 0.15) is 5.01 Å². The molecule has 2 aromatic rings. The number of likely N-dealkylation sites (tertiary alicyclic amines) is 1. The van der Waals surface area contributed by atoms with Gasteiger partial charge in [-0.15, -0.1) is 36.2 Å². The molecule has 1 aliphatic heterocycles. The number of hydrogen-bond acceptors (Lipinski definition) is 5. The van der Waals surface area contributed by atoms with E-state index in [2.05, 4.69) is 16.9 Å². The lowest BCUT2D eigenvalue weighted by Crippen LogP contribution is -2.43. The first-order valence-electron chi connectivity index (χ1n) is 8.02. The summed E-state index contributed by atoms with van der Waals surface area (Å²) in [5, 5.41) is 2.82. The highest BCUT2D eigenvalue weighted by Gasteiger charge is 2.25. The highest BCUT2D eigenvalue weighted by atomic mass is 35.5. The Hall–Kier alpha value is -1.21. The third-order valence-electron chi connectivity index (χ3n) is 4.40. The van der Waals surface area contributed by atoms with Crippen molar-refractivity contribution < 1.29 is 4.79 Å². The minimum absolute atomic E-state index is 0. The Labute approximate surface area is 164 Å². The largest absolute Gasteiger partial charge is 0.342 e. The van der Waals surface area contributed by atoms with Crippen LogP contribution in [0.1, 0.15) is 25.5 Å². The molecule has 0 aliphatic carbocycles. The third-order valence-corrected chi connectivity index (χ3v) is 5.32. The third kappa shape index (κ3) is 5.64. The van der Waals surface area contributed by atoms with Crippen molar-refractivity contribution in [3.05, 3.63) is 35.5 Å². The molecule has 1 saturated heterocycles. The number of carbonyl (C=O) groups excluding carboxylic acids is 1. The number of halogens is 2. The standard InChI is InChI=1S/C17H22N4OS.2ClH/c1-12(18)13-5-8-21(9-6-13)16(22)10-14-11-23-17(20-14)15-4-2-3-7-19-15;;/h2-4,7,11-13H,5-6,8-10,18H2,1H3;2*1H. The van der Waals surface area contributed by atoms with Crippen LogP contribution in [0.25, 0.3) is 10.7 Å². The first-order valence-corrected chi connectivity index (χ1v) is 8.90. The van der Waals surface area contributed by atoms with Crippen molar-refractivity contribution in [3.8, 4) is 10.7 Å². The SMILES string of the molecule is CC(N)C1CCN(C(=O)Cc2csc(-c3ccccn3)n2)CC1.Cl.Cl. The lowest BCUT2D eigenvalue weighted by Gasteiger charge is -2.33. The summed E-state index contributed by atoms with van der Waals surface area (Å²) in [7, 11) is 0. The van der Waals surface area contributed by atoms with E-state index in [0.717, 1.165) is 42.3 Å². The zero-order valence-electron chi connectivity index (χ0n) is 14.1. The number of nitrogens with two attached hydrogens (primary N) is 1. The molecular formula is C17H24Cl2N4OS. The van der Waals surface area contributed by atoms with Crippen LogP contribution in [0.15, 0.2) is 29.8 Å². The molecule has 1 aliphatic rings. The molecule has 3 rings (SSSR count). The predicted molar refractivity (Wildman–Crippen MR) is 106 cm³/mol. The molecule has 0 bridgehead atoms. The Morgan fingerprint density at radius 3 is 2.68 bits per heavy atom. The molecule has 1 unspecified atom stereocenters. The van der Waals surface area contributed by atoms with Gasteiger partial charge in [0.2, 0.25) is 5.91 Å². The smallest absolute Gasteiger partial charge is 0.228 e. The van der Waals surface area contributed by atoms with E-state index < -0.39 is 0 Å². The molecule has 2 N–H and O–H groups in total. The molecule has 138 valence electrons. The van der Waals surface area contributed by atoms with Crippen LogP contribution in [0.2, 0.25) is 0 Å². The average molecular weight is 403 g/mol. The van der Waals surface area contributed by atoms with Crippen LogP contribution >= 0.6 is 36.2 Å². The number of aromatic nitrogens is 2. The monoisotopic (exact) mass is 402 g/mol. The Bertz CT molecular complexity index is 658. The summed E-state index contributed by atoms with van der Waals surface area (Å²) in [5.41, 5.74) is 7.64. The highest BCUT2D eigenvalue weighted by molar-refractivity contribution is 7.13. The molecule has 0 aromatic carbocycles. The molecule has 1 atom stereocenters. The Balaban J connectivity index is 0.00000156. The quantitative estimate of drug-likeness (QED) is 0.851. The van der Waals surface area contributed by atoms with E-state index in [1.54, 1.807) is 6.20 Å². The van der Waals surface area contributed by atoms with E-state index in [0.29, 0.717) is 12.3 Å². The average Bonchev–Trinajstić information content (AvgIpc) is 3.04. The van der Waals surface area contributed by atoms with Crippen LogP contribution in [0.5, 0.6) is 0 Å². The minimum Gasteiger partial charge on any atom is -0.342 e. The summed E-state index contributed by atoms with van der Waals surface area (Å²) in [6.45, 7) is 3.67. The molecule has 25 heavy (non-hydrogen) atoms. The van der Waals surface area contributed by atoms with Gasteiger partial charge in [0.15, 0.2) is 0 Å². The van der Waals surface area contributed by atoms with Crippen molar-refractivity contribution in [2.24, 2.45) is 11.7 Å². The Kier molecular flexibility index (Phi) is 8.79. The van der Waals surface area contributed by atoms with Gasteiger partial charge < -0.3 is 10.6 Å². The van der Waals surface area contributed by atoms with E-state index in [4.69, 9.17) is 5.73 Å². The van der Waals surface area contributed by atoms with Crippen molar-refractivity contribution >= 4 is 42.1 Å². The van der Waals surface area contributed by atoms with Crippen LogP contribution in [-0.4, -0.2) is 39.9 Å². The van der Waals surface area contributed by atoms with Crippen LogP contribution in [0.3, 0.4) is 0 Å². The fourth-order valence-electron chi connectivity index (χ4n) is 2.94. The number of piperidine rings is 1. The first-order chi connectivity index (χ1) is 11.1. The van der Waals surface area contributed by atoms with Crippen LogP contribution in [0, 0.1) is 5.92 Å². The molecule has 3 heterocycles. The second kappa shape index (κ2) is 10.1. The predicted octanol–water partition coefficient (Wildman–Crippen LogP) is 3.18. The first kappa shape index (κ1) is 21.8. The van der Waals surface area contributed by atoms with E-state index in [9.17, 15) is 4.79 Å². The lowest BCUT2D eigenvalue weighted by atomic mass is 9.91. The number of thiazole rings is 1. The van der Waals surface area contributed by atoms with E-state index in [-0.39, 0.29) is 36.8 Å². The van der Waals surface area contributed by atoms with E-state index >= 15 is 0 Å². The molecule has 1 amide bonds. The summed E-state index contributed by atoms with van der Waals surface area (Å²) in [6, 6.07) is 5.97. The zero-order valence-corrected chi connectivity index (χ0v) is 16.6. The highest BCUT2D eigenvalue weighted by Crippen LogP contribution is 2.23. The van der Waals surface area contributed by atoms with Gasteiger partial charge in [0.05, 0.1) is 17.8 Å². The molecule has 5 nitrogen and oxygen atoms in total. The molecule has 0 radical (unpaired) electrons. The van der Waals surface area contributed by atoms with Gasteiger partial charge in [-0.1, -0.05) is 6.07 Å². The summed E-state index contributed by atoms with van der Waals surface area (Å²) < 4.78 is 0. The Morgan fingerprint density at radius 2 is 2.08 bits per heavy atom. The van der Waals surface area contributed by atoms with Gasteiger partial charge in [0.25, 0.3) is 0 Å². The summed E-state index contributed by atoms with van der Waals surface area (Å²) in [6.07, 6.45) is 4.12. The molecule has 1 fully saturated rings. The Morgan fingerprint density at radius 1 is 1.36 bits per heavy atom. The number of hydrogen-bond donors (Lipinski definition) is 1. The second-order valence-corrected chi connectivity index (χ2v) is 6.97. The number of amides is 1. The fraction of sp³-hybridized carbons (Fsp3) is 0.471. The van der Waals surface area contributed by atoms with Crippen LogP contribution in [0.4, 0.5) is 0 Å². The minimum atomic E-state index is 0. The molecule has 0 spiro atoms. The van der Waals surface area contributed by atoms with Crippen LogP contribution in [-0.2, 0) is 11.2 Å². The maximum Gasteiger partial charge on any atom is 0.228 e. The van der Waals surface area contributed by atoms with Crippen molar-refractivity contribution in [1.29, 1.82) is 0 Å². The van der Waals surface area contributed by atoms with Crippen molar-refractivity contribution in [2.45, 2.75) is 32.2 Å². The summed E-state index contributed by atoms with van der Waals surface area (Å²) in [4.78, 5) is 23.2. The fourth-order valence-corrected chi connectivity index (χ4v) is 3.73. The summed E-state index contributed by atoms with van der Waals surface area (Å²) in [5.74, 6) is 0.695. The molecule has 2 aromatic heterocycles. The van der Waals surface area contributed by atoms with Gasteiger partial charge in [0, 0.05) is 30.7 Å². The molecular weight excluding hydrogens is 379 g/mol. The van der Waals surface area contributed by atoms with E-state index in [1.807, 2.05) is 28.5 Å². The molecule has 8 heteroatoms. The van der Waals surface area contributed by atoms with Gasteiger partial charge in [-0.05, 0) is 37.8 Å². The van der Waals surface area contributed by atoms with Gasteiger partial charge >= 0.3 is 0 Å². The van der Waals surface area contributed by atoms with Crippen molar-refractivity contribution in [3.63, 3.8) is 0 Å². The van der Waals surface area contributed by atoms with Gasteiger partial charge in [-0.25, -0.2) is 4.98 Å². The number of pyridine rings is 1. The normalized spacial score (nSPS) is 15.8. The van der Waals surface area contributed by atoms with Crippen molar-refractivity contribution in [2.75, 3.05) is 13.1 Å². The maximum atomic E-state index is 12.4. The van der Waals surface area contributed by atoms with Crippen LogP contribution < -0.4 is 5.73 Å². The zero-order chi connectivity index (χ0) is 16.2. The summed E-state index contributed by atoms with van der Waals surface area (Å²) >= 11 is 1.53. The topological polar surface area (TPSA) is 72.1 Å². The second-order valence-electron chi connectivity index (χ2n) is 6.11. The number of nitrogens with zero attached hydrogens (tertiary/aromatic N) is 3. The lowest BCUT2D eigenvalue weighted by molar-refractivity contribution is -0.132. The number of rotatable bonds is 4. The van der Waals surface area contributed by atoms with Gasteiger partial charge in [-0.2, -0.15) is 0 Å². The number of carbonyl (C=O) groups is 1. The van der Waals surface area contributed by atoms with Crippen molar-refractivity contribution in [1.82, 2.24) is 14.9 Å². The van der Waals surface area contributed by atoms with E-state index in [1.165, 1.54) is 11.3 Å². The maximum absolute atomic E-state index is 12.4. The molecule has 0 saturated carbocycles.